The third-order valence-electron chi connectivity index (χ3n) is 1.71. The number of para-hydroxylation sites is 2. The van der Waals surface area contributed by atoms with Gasteiger partial charge in [0, 0.05) is 13.0 Å². The zero-order valence-electron chi connectivity index (χ0n) is 8.71. The second-order valence-electron chi connectivity index (χ2n) is 2.91. The average molecular weight is 225 g/mol. The van der Waals surface area contributed by atoms with Crippen LogP contribution in [0.3, 0.4) is 0 Å². The van der Waals surface area contributed by atoms with Crippen LogP contribution < -0.4 is 4.74 Å². The molecular formula is C10H11NO5. The van der Waals surface area contributed by atoms with E-state index in [9.17, 15) is 14.9 Å². The van der Waals surface area contributed by atoms with Crippen molar-refractivity contribution >= 4 is 11.7 Å². The molecule has 0 unspecified atom stereocenters. The average Bonchev–Trinajstić information content (AvgIpc) is 2.24. The second-order valence-corrected chi connectivity index (χ2v) is 2.91. The Morgan fingerprint density at radius 3 is 2.69 bits per heavy atom. The molecule has 6 heteroatoms. The second kappa shape index (κ2) is 5.69. The molecular weight excluding hydrogens is 214 g/mol. The standard InChI is InChI=1S/C10H11NO5/c1-8(12)15-6-7-16-10-5-3-2-4-9(10)11(13)14/h2-5H,6-7H2,1H3. The Morgan fingerprint density at radius 1 is 1.38 bits per heavy atom. The highest BCUT2D eigenvalue weighted by atomic mass is 16.6. The molecule has 0 aliphatic rings. The SMILES string of the molecule is CC(=O)OCCOc1ccccc1[N+](=O)[O-]. The lowest BCUT2D eigenvalue weighted by atomic mass is 10.3. The maximum Gasteiger partial charge on any atom is 0.310 e. The van der Waals surface area contributed by atoms with Gasteiger partial charge >= 0.3 is 11.7 Å². The van der Waals surface area contributed by atoms with Crippen LogP contribution in [-0.2, 0) is 9.53 Å². The molecule has 0 bridgehead atoms. The molecule has 16 heavy (non-hydrogen) atoms. The molecule has 86 valence electrons. The van der Waals surface area contributed by atoms with Crippen LogP contribution in [0.2, 0.25) is 0 Å². The van der Waals surface area contributed by atoms with Crippen LogP contribution in [0.1, 0.15) is 6.92 Å². The summed E-state index contributed by atoms with van der Waals surface area (Å²) in [7, 11) is 0. The Bertz CT molecular complexity index is 391. The van der Waals surface area contributed by atoms with Gasteiger partial charge in [-0.2, -0.15) is 0 Å². The van der Waals surface area contributed by atoms with Crippen molar-refractivity contribution in [3.8, 4) is 5.75 Å². The Morgan fingerprint density at radius 2 is 2.06 bits per heavy atom. The van der Waals surface area contributed by atoms with Crippen LogP contribution in [0.4, 0.5) is 5.69 Å². The van der Waals surface area contributed by atoms with Crippen LogP contribution in [0.25, 0.3) is 0 Å². The van der Waals surface area contributed by atoms with Crippen molar-refractivity contribution in [1.82, 2.24) is 0 Å². The van der Waals surface area contributed by atoms with Crippen molar-refractivity contribution in [1.29, 1.82) is 0 Å². The fourth-order valence-corrected chi connectivity index (χ4v) is 1.07. The van der Waals surface area contributed by atoms with Gasteiger partial charge in [0.25, 0.3) is 0 Å². The van der Waals surface area contributed by atoms with Gasteiger partial charge in [0.05, 0.1) is 4.92 Å². The number of ether oxygens (including phenoxy) is 2. The molecule has 0 fully saturated rings. The Balaban J connectivity index is 2.53. The molecule has 0 spiro atoms. The number of carbonyl (C=O) groups excluding carboxylic acids is 1. The van der Waals surface area contributed by atoms with Crippen LogP contribution >= 0.6 is 0 Å². The quantitative estimate of drug-likeness (QED) is 0.328. The van der Waals surface area contributed by atoms with Crippen LogP contribution in [0.5, 0.6) is 5.75 Å². The number of hydrogen-bond donors (Lipinski definition) is 0. The van der Waals surface area contributed by atoms with Gasteiger partial charge < -0.3 is 9.47 Å². The van der Waals surface area contributed by atoms with Gasteiger partial charge in [-0.25, -0.2) is 0 Å². The number of nitro benzene ring substituents is 1. The van der Waals surface area contributed by atoms with Crippen molar-refractivity contribution in [3.63, 3.8) is 0 Å². The normalized spacial score (nSPS) is 9.56. The highest BCUT2D eigenvalue weighted by Crippen LogP contribution is 2.25. The molecule has 0 atom stereocenters. The molecule has 0 saturated heterocycles. The minimum Gasteiger partial charge on any atom is -0.483 e. The van der Waals surface area contributed by atoms with E-state index in [1.807, 2.05) is 0 Å². The van der Waals surface area contributed by atoms with Gasteiger partial charge in [0.1, 0.15) is 13.2 Å². The third-order valence-corrected chi connectivity index (χ3v) is 1.71. The number of nitrogens with zero attached hydrogens (tertiary/aromatic N) is 1. The Hall–Kier alpha value is -2.11. The first kappa shape index (κ1) is 12.0. The molecule has 1 aromatic rings. The monoisotopic (exact) mass is 225 g/mol. The summed E-state index contributed by atoms with van der Waals surface area (Å²) >= 11 is 0. The summed E-state index contributed by atoms with van der Waals surface area (Å²) in [5.41, 5.74) is -0.106. The molecule has 0 amide bonds. The molecule has 1 rings (SSSR count). The van der Waals surface area contributed by atoms with E-state index >= 15 is 0 Å². The van der Waals surface area contributed by atoms with E-state index in [4.69, 9.17) is 4.74 Å². The summed E-state index contributed by atoms with van der Waals surface area (Å²) in [6.07, 6.45) is 0. The molecule has 0 heterocycles. The largest absolute Gasteiger partial charge is 0.483 e. The number of rotatable bonds is 5. The lowest BCUT2D eigenvalue weighted by Crippen LogP contribution is -2.10. The van der Waals surface area contributed by atoms with Crippen molar-refractivity contribution in [2.24, 2.45) is 0 Å². The fourth-order valence-electron chi connectivity index (χ4n) is 1.07. The van der Waals surface area contributed by atoms with E-state index in [1.165, 1.54) is 19.1 Å². The van der Waals surface area contributed by atoms with E-state index in [0.717, 1.165) is 0 Å². The van der Waals surface area contributed by atoms with Crippen molar-refractivity contribution in [3.05, 3.63) is 34.4 Å². The van der Waals surface area contributed by atoms with Crippen LogP contribution in [0, 0.1) is 10.1 Å². The van der Waals surface area contributed by atoms with Crippen LogP contribution in [0.15, 0.2) is 24.3 Å². The predicted octanol–water partition coefficient (Wildman–Crippen LogP) is 1.54. The van der Waals surface area contributed by atoms with E-state index in [-0.39, 0.29) is 24.7 Å². The Kier molecular flexibility index (Phi) is 4.26. The van der Waals surface area contributed by atoms with Gasteiger partial charge in [-0.05, 0) is 6.07 Å². The molecule has 1 aromatic carbocycles. The lowest BCUT2D eigenvalue weighted by molar-refractivity contribution is -0.385. The highest BCUT2D eigenvalue weighted by Gasteiger charge is 2.13. The molecule has 0 aliphatic heterocycles. The van der Waals surface area contributed by atoms with E-state index in [0.29, 0.717) is 0 Å². The van der Waals surface area contributed by atoms with E-state index in [1.54, 1.807) is 12.1 Å². The first-order valence-corrected chi connectivity index (χ1v) is 4.61. The van der Waals surface area contributed by atoms with Crippen molar-refractivity contribution in [2.75, 3.05) is 13.2 Å². The smallest absolute Gasteiger partial charge is 0.310 e. The number of esters is 1. The zero-order chi connectivity index (χ0) is 12.0. The summed E-state index contributed by atoms with van der Waals surface area (Å²) in [6, 6.07) is 6.03. The maximum absolute atomic E-state index is 10.6. The molecule has 0 radical (unpaired) electrons. The fraction of sp³-hybridized carbons (Fsp3) is 0.300. The van der Waals surface area contributed by atoms with Gasteiger partial charge in [-0.1, -0.05) is 12.1 Å². The molecule has 0 saturated carbocycles. The van der Waals surface area contributed by atoms with Crippen LogP contribution in [-0.4, -0.2) is 24.1 Å². The third kappa shape index (κ3) is 3.56. The zero-order valence-corrected chi connectivity index (χ0v) is 8.71. The molecule has 0 aromatic heterocycles. The van der Waals surface area contributed by atoms with E-state index < -0.39 is 10.9 Å². The Labute approximate surface area is 91.9 Å². The van der Waals surface area contributed by atoms with Crippen molar-refractivity contribution < 1.29 is 19.2 Å². The number of carbonyl (C=O) groups is 1. The number of nitro groups is 1. The summed E-state index contributed by atoms with van der Waals surface area (Å²) in [6.45, 7) is 1.44. The molecule has 0 aliphatic carbocycles. The van der Waals surface area contributed by atoms with Gasteiger partial charge in [-0.3, -0.25) is 14.9 Å². The van der Waals surface area contributed by atoms with Crippen molar-refractivity contribution in [2.45, 2.75) is 6.92 Å². The van der Waals surface area contributed by atoms with E-state index in [2.05, 4.69) is 4.74 Å². The predicted molar refractivity (Wildman–Crippen MR) is 55.2 cm³/mol. The molecule has 0 N–H and O–H groups in total. The van der Waals surface area contributed by atoms with Gasteiger partial charge in [0.15, 0.2) is 5.75 Å². The number of benzene rings is 1. The highest BCUT2D eigenvalue weighted by molar-refractivity contribution is 5.65. The summed E-state index contributed by atoms with van der Waals surface area (Å²) in [5.74, 6) is -0.245. The van der Waals surface area contributed by atoms with Gasteiger partial charge in [-0.15, -0.1) is 0 Å². The summed E-state index contributed by atoms with van der Waals surface area (Å²) in [5, 5.41) is 10.6. The minimum atomic E-state index is -0.527. The summed E-state index contributed by atoms with van der Waals surface area (Å²) < 4.78 is 9.76. The topological polar surface area (TPSA) is 78.7 Å². The van der Waals surface area contributed by atoms with Gasteiger partial charge in [0.2, 0.25) is 0 Å². The first-order valence-electron chi connectivity index (χ1n) is 4.61. The molecule has 6 nitrogen and oxygen atoms in total. The maximum atomic E-state index is 10.6. The lowest BCUT2D eigenvalue weighted by Gasteiger charge is -2.06. The minimum absolute atomic E-state index is 0.0708. The first-order chi connectivity index (χ1) is 7.61. The summed E-state index contributed by atoms with van der Waals surface area (Å²) in [4.78, 5) is 20.5. The number of hydrogen-bond acceptors (Lipinski definition) is 5.